The number of benzene rings is 8. The fourth-order valence-corrected chi connectivity index (χ4v) is 8.17. The maximum Gasteiger partial charge on any atom is 0.328 e. The van der Waals surface area contributed by atoms with E-state index in [-0.39, 0.29) is 5.69 Å². The van der Waals surface area contributed by atoms with Gasteiger partial charge in [-0.1, -0.05) is 158 Å². The molecule has 2 heterocycles. The molecule has 266 valence electrons. The topological polar surface area (TPSA) is 52.7 Å². The summed E-state index contributed by atoms with van der Waals surface area (Å²) in [4.78, 5) is 22.7. The van der Waals surface area contributed by atoms with E-state index in [2.05, 4.69) is 140 Å². The van der Waals surface area contributed by atoms with Crippen LogP contribution in [0.25, 0.3) is 99.9 Å². The summed E-state index contributed by atoms with van der Waals surface area (Å²) in [6, 6.07) is 63.9. The molecule has 10 aromatic rings. The van der Waals surface area contributed by atoms with E-state index < -0.39 is 0 Å². The SMILES string of the molecule is Cn1c(=O)n(C)c2cc(-c3cccc(-c4c5ccccc5c(-c5ccc(-c6cc(-c7ccccc7)nc(-c7ccccc7)n6)cc5)c5ccccc45)c3)ccc21. The van der Waals surface area contributed by atoms with Gasteiger partial charge in [-0.25, -0.2) is 14.8 Å². The molecule has 0 bridgehead atoms. The van der Waals surface area contributed by atoms with Crippen LogP contribution in [0, 0.1) is 0 Å². The Labute approximate surface area is 324 Å². The zero-order valence-corrected chi connectivity index (χ0v) is 31.0. The minimum Gasteiger partial charge on any atom is -0.295 e. The van der Waals surface area contributed by atoms with Crippen molar-refractivity contribution in [1.82, 2.24) is 19.1 Å². The molecule has 0 aliphatic carbocycles. The molecule has 0 aliphatic rings. The summed E-state index contributed by atoms with van der Waals surface area (Å²) < 4.78 is 3.41. The van der Waals surface area contributed by atoms with Gasteiger partial charge in [-0.3, -0.25) is 9.13 Å². The van der Waals surface area contributed by atoms with E-state index in [1.165, 1.54) is 32.7 Å². The standard InChI is InChI=1S/C51H36N4O/c1-54-46-29-28-38(31-47(46)55(2)51(54)56)37-18-13-19-39(30-37)49-42-22-11-9-20-40(42)48(41-21-10-12-23-43(41)49)35-26-24-34(25-27-35)45-32-44(33-14-5-3-6-15-33)52-50(53-45)36-16-7-4-8-17-36/h3-32H,1-2H3. The van der Waals surface area contributed by atoms with Gasteiger partial charge in [-0.05, 0) is 79.2 Å². The highest BCUT2D eigenvalue weighted by atomic mass is 16.1. The van der Waals surface area contributed by atoms with Crippen molar-refractivity contribution in [2.75, 3.05) is 0 Å². The molecule has 0 N–H and O–H groups in total. The molecule has 0 saturated heterocycles. The van der Waals surface area contributed by atoms with Gasteiger partial charge in [0, 0.05) is 30.8 Å². The van der Waals surface area contributed by atoms with Crippen molar-refractivity contribution in [1.29, 1.82) is 0 Å². The summed E-state index contributed by atoms with van der Waals surface area (Å²) in [5, 5.41) is 4.78. The second-order valence-electron chi connectivity index (χ2n) is 14.3. The molecule has 0 saturated carbocycles. The number of aryl methyl sites for hydroxylation is 2. The molecule has 5 heteroatoms. The van der Waals surface area contributed by atoms with Crippen LogP contribution in [0.1, 0.15) is 0 Å². The summed E-state index contributed by atoms with van der Waals surface area (Å²) in [5.74, 6) is 0.703. The lowest BCUT2D eigenvalue weighted by Gasteiger charge is -2.18. The van der Waals surface area contributed by atoms with E-state index in [1.807, 2.05) is 56.6 Å². The molecule has 0 aliphatic heterocycles. The normalized spacial score (nSPS) is 11.5. The molecule has 10 rings (SSSR count). The Hall–Kier alpha value is -7.37. The lowest BCUT2D eigenvalue weighted by molar-refractivity contribution is 0.795. The number of hydrogen-bond acceptors (Lipinski definition) is 3. The van der Waals surface area contributed by atoms with Crippen LogP contribution in [0.2, 0.25) is 0 Å². The molecule has 0 spiro atoms. The van der Waals surface area contributed by atoms with Crippen LogP contribution in [-0.2, 0) is 14.1 Å². The van der Waals surface area contributed by atoms with Crippen molar-refractivity contribution in [3.63, 3.8) is 0 Å². The molecule has 0 unspecified atom stereocenters. The first-order chi connectivity index (χ1) is 27.5. The molecular formula is C51H36N4O. The van der Waals surface area contributed by atoms with Gasteiger partial charge in [0.15, 0.2) is 5.82 Å². The Morgan fingerprint density at radius 1 is 0.357 bits per heavy atom. The maximum absolute atomic E-state index is 12.7. The van der Waals surface area contributed by atoms with Crippen LogP contribution < -0.4 is 5.69 Å². The second-order valence-corrected chi connectivity index (χ2v) is 14.3. The minimum atomic E-state index is -0.0259. The molecule has 0 fully saturated rings. The van der Waals surface area contributed by atoms with Gasteiger partial charge in [0.25, 0.3) is 0 Å². The van der Waals surface area contributed by atoms with E-state index >= 15 is 0 Å². The largest absolute Gasteiger partial charge is 0.328 e. The number of rotatable bonds is 6. The van der Waals surface area contributed by atoms with E-state index in [9.17, 15) is 4.79 Å². The lowest BCUT2D eigenvalue weighted by atomic mass is 9.85. The zero-order chi connectivity index (χ0) is 37.8. The van der Waals surface area contributed by atoms with E-state index in [1.54, 1.807) is 9.13 Å². The third-order valence-corrected chi connectivity index (χ3v) is 11.0. The van der Waals surface area contributed by atoms with Crippen LogP contribution in [-0.4, -0.2) is 19.1 Å². The first kappa shape index (κ1) is 33.2. The molecule has 2 aromatic heterocycles. The van der Waals surface area contributed by atoms with Crippen molar-refractivity contribution in [2.45, 2.75) is 0 Å². The number of hydrogen-bond donors (Lipinski definition) is 0. The van der Waals surface area contributed by atoms with Gasteiger partial charge < -0.3 is 0 Å². The van der Waals surface area contributed by atoms with Crippen LogP contribution in [0.3, 0.4) is 0 Å². The van der Waals surface area contributed by atoms with Crippen LogP contribution in [0.5, 0.6) is 0 Å². The molecule has 0 radical (unpaired) electrons. The Morgan fingerprint density at radius 3 is 1.39 bits per heavy atom. The number of imidazole rings is 1. The van der Waals surface area contributed by atoms with Gasteiger partial charge >= 0.3 is 5.69 Å². The van der Waals surface area contributed by atoms with Gasteiger partial charge in [-0.2, -0.15) is 0 Å². The van der Waals surface area contributed by atoms with E-state index in [0.717, 1.165) is 61.4 Å². The zero-order valence-electron chi connectivity index (χ0n) is 31.0. The number of fused-ring (bicyclic) bond motifs is 3. The molecule has 56 heavy (non-hydrogen) atoms. The first-order valence-electron chi connectivity index (χ1n) is 18.8. The predicted molar refractivity (Wildman–Crippen MR) is 231 cm³/mol. The van der Waals surface area contributed by atoms with Gasteiger partial charge in [0.2, 0.25) is 0 Å². The number of aromatic nitrogens is 4. The highest BCUT2D eigenvalue weighted by Gasteiger charge is 2.18. The third-order valence-electron chi connectivity index (χ3n) is 11.0. The molecule has 5 nitrogen and oxygen atoms in total. The van der Waals surface area contributed by atoms with Gasteiger partial charge in [-0.15, -0.1) is 0 Å². The maximum atomic E-state index is 12.7. The number of nitrogens with zero attached hydrogens (tertiary/aromatic N) is 4. The average molecular weight is 721 g/mol. The summed E-state index contributed by atoms with van der Waals surface area (Å²) in [5.41, 5.74) is 13.5. The van der Waals surface area contributed by atoms with Crippen molar-refractivity contribution in [3.8, 4) is 67.3 Å². The molecular weight excluding hydrogens is 685 g/mol. The molecule has 0 atom stereocenters. The average Bonchev–Trinajstić information content (AvgIpc) is 3.48. The van der Waals surface area contributed by atoms with E-state index in [4.69, 9.17) is 9.97 Å². The van der Waals surface area contributed by atoms with Crippen molar-refractivity contribution < 1.29 is 0 Å². The smallest absolute Gasteiger partial charge is 0.295 e. The third kappa shape index (κ3) is 5.60. The Bertz CT molecular complexity index is 3050. The highest BCUT2D eigenvalue weighted by molar-refractivity contribution is 6.21. The lowest BCUT2D eigenvalue weighted by Crippen LogP contribution is -2.19. The van der Waals surface area contributed by atoms with Crippen molar-refractivity contribution in [3.05, 3.63) is 192 Å². The van der Waals surface area contributed by atoms with Crippen LogP contribution >= 0.6 is 0 Å². The van der Waals surface area contributed by atoms with Crippen molar-refractivity contribution in [2.24, 2.45) is 14.1 Å². The fraction of sp³-hybridized carbons (Fsp3) is 0.0392. The van der Waals surface area contributed by atoms with Crippen LogP contribution in [0.4, 0.5) is 0 Å². The first-order valence-corrected chi connectivity index (χ1v) is 18.8. The second kappa shape index (κ2) is 13.5. The van der Waals surface area contributed by atoms with Gasteiger partial charge in [0.05, 0.1) is 22.4 Å². The van der Waals surface area contributed by atoms with Crippen LogP contribution in [0.15, 0.2) is 187 Å². The summed E-state index contributed by atoms with van der Waals surface area (Å²) in [7, 11) is 3.65. The predicted octanol–water partition coefficient (Wildman–Crippen LogP) is 12.0. The fourth-order valence-electron chi connectivity index (χ4n) is 8.17. The summed E-state index contributed by atoms with van der Waals surface area (Å²) >= 11 is 0. The molecule has 8 aromatic carbocycles. The monoisotopic (exact) mass is 720 g/mol. The Kier molecular flexibility index (Phi) is 8.00. The Balaban J connectivity index is 1.10. The Morgan fingerprint density at radius 2 is 0.786 bits per heavy atom. The highest BCUT2D eigenvalue weighted by Crippen LogP contribution is 2.44. The minimum absolute atomic E-state index is 0.0259. The summed E-state index contributed by atoms with van der Waals surface area (Å²) in [6.07, 6.45) is 0. The van der Waals surface area contributed by atoms with Crippen molar-refractivity contribution >= 4 is 32.6 Å². The van der Waals surface area contributed by atoms with Gasteiger partial charge in [0.1, 0.15) is 0 Å². The molecule has 0 amide bonds. The quantitative estimate of drug-likeness (QED) is 0.161. The van der Waals surface area contributed by atoms with E-state index in [0.29, 0.717) is 5.82 Å². The summed E-state index contributed by atoms with van der Waals surface area (Å²) in [6.45, 7) is 0.